The van der Waals surface area contributed by atoms with Gasteiger partial charge in [0.25, 0.3) is 0 Å². The Kier molecular flexibility index (Phi) is 3.45. The zero-order valence-corrected chi connectivity index (χ0v) is 7.78. The van der Waals surface area contributed by atoms with Gasteiger partial charge in [0.15, 0.2) is 5.82 Å². The van der Waals surface area contributed by atoms with Gasteiger partial charge in [-0.05, 0) is 0 Å². The Morgan fingerprint density at radius 3 is 3.15 bits per heavy atom. The van der Waals surface area contributed by atoms with E-state index in [1.54, 1.807) is 24.1 Å². The number of amides is 1. The fourth-order valence-electron chi connectivity index (χ4n) is 0.918. The summed E-state index contributed by atoms with van der Waals surface area (Å²) in [5, 5.41) is 6.68. The molecule has 0 unspecified atom stereocenters. The van der Waals surface area contributed by atoms with Crippen LogP contribution in [-0.2, 0) is 16.1 Å². The van der Waals surface area contributed by atoms with Crippen molar-refractivity contribution < 1.29 is 9.53 Å². The highest BCUT2D eigenvalue weighted by Gasteiger charge is 1.99. The average Bonchev–Trinajstić information content (AvgIpc) is 2.48. The molecule has 0 bridgehead atoms. The summed E-state index contributed by atoms with van der Waals surface area (Å²) in [6.07, 6.45) is 1.80. The van der Waals surface area contributed by atoms with Gasteiger partial charge >= 0.3 is 0 Å². The summed E-state index contributed by atoms with van der Waals surface area (Å²) >= 11 is 0. The minimum atomic E-state index is -0.114. The van der Waals surface area contributed by atoms with Crippen LogP contribution in [0.5, 0.6) is 0 Å². The molecule has 1 rings (SSSR count). The van der Waals surface area contributed by atoms with Gasteiger partial charge in [0.05, 0.1) is 13.2 Å². The molecule has 1 aromatic rings. The molecule has 13 heavy (non-hydrogen) atoms. The lowest BCUT2D eigenvalue weighted by atomic mass is 10.6. The van der Waals surface area contributed by atoms with Crippen molar-refractivity contribution in [1.82, 2.24) is 9.78 Å². The molecule has 0 aliphatic rings. The van der Waals surface area contributed by atoms with Crippen molar-refractivity contribution >= 4 is 11.7 Å². The van der Waals surface area contributed by atoms with Crippen molar-refractivity contribution in [2.75, 3.05) is 19.0 Å². The summed E-state index contributed by atoms with van der Waals surface area (Å²) in [6.45, 7) is 2.76. The molecule has 5 heteroatoms. The number of anilines is 1. The first kappa shape index (κ1) is 9.73. The molecule has 1 N–H and O–H groups in total. The Bertz CT molecular complexity index is 283. The van der Waals surface area contributed by atoms with Crippen LogP contribution in [0.3, 0.4) is 0 Å². The number of carbonyl (C=O) groups is 1. The fraction of sp³-hybridized carbons (Fsp3) is 0.500. The van der Waals surface area contributed by atoms with Gasteiger partial charge in [0.2, 0.25) is 5.91 Å². The van der Waals surface area contributed by atoms with Crippen molar-refractivity contribution in [2.24, 2.45) is 0 Å². The zero-order valence-electron chi connectivity index (χ0n) is 7.78. The molecule has 0 radical (unpaired) electrons. The first-order valence-corrected chi connectivity index (χ1v) is 4.02. The number of hydrogen-bond acceptors (Lipinski definition) is 3. The second-order valence-electron chi connectivity index (χ2n) is 2.64. The number of aromatic nitrogens is 2. The molecule has 0 fully saturated rings. The van der Waals surface area contributed by atoms with Crippen LogP contribution in [-0.4, -0.2) is 29.4 Å². The summed E-state index contributed by atoms with van der Waals surface area (Å²) in [5.74, 6) is 0.459. The Hall–Kier alpha value is -1.36. The second kappa shape index (κ2) is 4.61. The third-order valence-corrected chi connectivity index (χ3v) is 1.47. The van der Waals surface area contributed by atoms with Crippen LogP contribution in [0.4, 0.5) is 5.82 Å². The first-order valence-electron chi connectivity index (χ1n) is 4.02. The lowest BCUT2D eigenvalue weighted by Crippen LogP contribution is -2.08. The fourth-order valence-corrected chi connectivity index (χ4v) is 0.918. The Balaban J connectivity index is 2.48. The molecule has 0 saturated carbocycles. The number of carbonyl (C=O) groups excluding carboxylic acids is 1. The van der Waals surface area contributed by atoms with E-state index < -0.39 is 0 Å². The van der Waals surface area contributed by atoms with Gasteiger partial charge < -0.3 is 10.1 Å². The molecule has 0 saturated heterocycles. The maximum absolute atomic E-state index is 10.7. The van der Waals surface area contributed by atoms with Gasteiger partial charge in [-0.3, -0.25) is 9.48 Å². The highest BCUT2D eigenvalue weighted by Crippen LogP contribution is 2.01. The maximum Gasteiger partial charge on any atom is 0.222 e. The van der Waals surface area contributed by atoms with Gasteiger partial charge in [-0.15, -0.1) is 0 Å². The summed E-state index contributed by atoms with van der Waals surface area (Å²) in [4.78, 5) is 10.7. The minimum absolute atomic E-state index is 0.114. The minimum Gasteiger partial charge on any atom is -0.383 e. The standard InChI is InChI=1S/C8H13N3O2/c1-7(12)9-8-3-4-11(10-8)5-6-13-2/h3-4H,5-6H2,1-2H3,(H,9,10,12). The highest BCUT2D eigenvalue weighted by atomic mass is 16.5. The summed E-state index contributed by atoms with van der Waals surface area (Å²) < 4.78 is 6.60. The predicted octanol–water partition coefficient (Wildman–Crippen LogP) is 0.488. The van der Waals surface area contributed by atoms with Crippen molar-refractivity contribution in [3.05, 3.63) is 12.3 Å². The first-order chi connectivity index (χ1) is 6.22. The van der Waals surface area contributed by atoms with Crippen LogP contribution in [0.2, 0.25) is 0 Å². The van der Waals surface area contributed by atoms with Gasteiger partial charge in [-0.2, -0.15) is 5.10 Å². The molecule has 72 valence electrons. The van der Waals surface area contributed by atoms with Gasteiger partial charge in [0, 0.05) is 26.3 Å². The Labute approximate surface area is 76.7 Å². The van der Waals surface area contributed by atoms with Crippen molar-refractivity contribution in [2.45, 2.75) is 13.5 Å². The summed E-state index contributed by atoms with van der Waals surface area (Å²) in [6, 6.07) is 1.75. The maximum atomic E-state index is 10.7. The van der Waals surface area contributed by atoms with E-state index in [2.05, 4.69) is 10.4 Å². The van der Waals surface area contributed by atoms with E-state index in [-0.39, 0.29) is 5.91 Å². The lowest BCUT2D eigenvalue weighted by molar-refractivity contribution is -0.114. The van der Waals surface area contributed by atoms with E-state index in [9.17, 15) is 4.79 Å². The lowest BCUT2D eigenvalue weighted by Gasteiger charge is -1.99. The third kappa shape index (κ3) is 3.25. The van der Waals surface area contributed by atoms with Crippen LogP contribution in [0.25, 0.3) is 0 Å². The van der Waals surface area contributed by atoms with Crippen molar-refractivity contribution in [3.63, 3.8) is 0 Å². The molecule has 1 aromatic heterocycles. The molecule has 0 aliphatic heterocycles. The van der Waals surface area contributed by atoms with Crippen LogP contribution in [0.15, 0.2) is 12.3 Å². The molecule has 1 amide bonds. The Morgan fingerprint density at radius 2 is 2.54 bits per heavy atom. The van der Waals surface area contributed by atoms with E-state index in [4.69, 9.17) is 4.74 Å². The number of nitrogens with zero attached hydrogens (tertiary/aromatic N) is 2. The van der Waals surface area contributed by atoms with Crippen molar-refractivity contribution in [3.8, 4) is 0 Å². The monoisotopic (exact) mass is 183 g/mol. The quantitative estimate of drug-likeness (QED) is 0.739. The van der Waals surface area contributed by atoms with E-state index in [0.29, 0.717) is 19.0 Å². The van der Waals surface area contributed by atoms with Crippen LogP contribution in [0, 0.1) is 0 Å². The second-order valence-corrected chi connectivity index (χ2v) is 2.64. The number of hydrogen-bond donors (Lipinski definition) is 1. The number of nitrogens with one attached hydrogen (secondary N) is 1. The number of ether oxygens (including phenoxy) is 1. The molecule has 0 aliphatic carbocycles. The normalized spacial score (nSPS) is 10.0. The van der Waals surface area contributed by atoms with Crippen LogP contribution >= 0.6 is 0 Å². The molecular weight excluding hydrogens is 170 g/mol. The SMILES string of the molecule is COCCn1ccc(NC(C)=O)n1. The Morgan fingerprint density at radius 1 is 1.77 bits per heavy atom. The summed E-state index contributed by atoms with van der Waals surface area (Å²) in [7, 11) is 1.64. The van der Waals surface area contributed by atoms with Gasteiger partial charge in [-0.1, -0.05) is 0 Å². The molecule has 0 atom stereocenters. The number of rotatable bonds is 4. The van der Waals surface area contributed by atoms with E-state index in [1.165, 1.54) is 6.92 Å². The van der Waals surface area contributed by atoms with Gasteiger partial charge in [0.1, 0.15) is 0 Å². The van der Waals surface area contributed by atoms with Crippen LogP contribution < -0.4 is 5.32 Å². The highest BCUT2D eigenvalue weighted by molar-refractivity contribution is 5.87. The van der Waals surface area contributed by atoms with E-state index in [1.807, 2.05) is 0 Å². The topological polar surface area (TPSA) is 56.1 Å². The molecular formula is C8H13N3O2. The van der Waals surface area contributed by atoms with Crippen molar-refractivity contribution in [1.29, 1.82) is 0 Å². The van der Waals surface area contributed by atoms with E-state index >= 15 is 0 Å². The average molecular weight is 183 g/mol. The van der Waals surface area contributed by atoms with E-state index in [0.717, 1.165) is 0 Å². The van der Waals surface area contributed by atoms with Gasteiger partial charge in [-0.25, -0.2) is 0 Å². The number of methoxy groups -OCH3 is 1. The molecule has 0 aromatic carbocycles. The van der Waals surface area contributed by atoms with Crippen LogP contribution in [0.1, 0.15) is 6.92 Å². The molecule has 5 nitrogen and oxygen atoms in total. The molecule has 0 spiro atoms. The predicted molar refractivity (Wildman–Crippen MR) is 48.4 cm³/mol. The zero-order chi connectivity index (χ0) is 9.68. The smallest absolute Gasteiger partial charge is 0.222 e. The largest absolute Gasteiger partial charge is 0.383 e. The molecule has 1 heterocycles. The third-order valence-electron chi connectivity index (χ3n) is 1.47. The summed E-state index contributed by atoms with van der Waals surface area (Å²) in [5.41, 5.74) is 0.